The normalized spacial score (nSPS) is 16.2. The third-order valence-electron chi connectivity index (χ3n) is 2.82. The van der Waals surface area contributed by atoms with E-state index < -0.39 is 0 Å². The lowest BCUT2D eigenvalue weighted by atomic mass is 10.1. The molecule has 1 aliphatic rings. The Kier molecular flexibility index (Phi) is 3.56. The lowest BCUT2D eigenvalue weighted by Crippen LogP contribution is -2.30. The SMILES string of the molecule is COc1nc(CN)cc(N2CCCCC2)n1. The molecule has 0 aromatic carbocycles. The maximum Gasteiger partial charge on any atom is 0.318 e. The van der Waals surface area contributed by atoms with Gasteiger partial charge in [0.1, 0.15) is 5.82 Å². The van der Waals surface area contributed by atoms with Crippen LogP contribution < -0.4 is 15.4 Å². The molecule has 1 fully saturated rings. The summed E-state index contributed by atoms with van der Waals surface area (Å²) in [7, 11) is 1.58. The van der Waals surface area contributed by atoms with Crippen molar-refractivity contribution < 1.29 is 4.74 Å². The molecule has 0 atom stereocenters. The predicted molar refractivity (Wildman–Crippen MR) is 62.5 cm³/mol. The zero-order chi connectivity index (χ0) is 11.4. The van der Waals surface area contributed by atoms with Gasteiger partial charge in [0, 0.05) is 25.7 Å². The number of ether oxygens (including phenoxy) is 1. The maximum atomic E-state index is 5.61. The summed E-state index contributed by atoms with van der Waals surface area (Å²) >= 11 is 0. The van der Waals surface area contributed by atoms with Crippen molar-refractivity contribution >= 4 is 5.82 Å². The summed E-state index contributed by atoms with van der Waals surface area (Å²) in [5, 5.41) is 0. The van der Waals surface area contributed by atoms with E-state index in [2.05, 4.69) is 14.9 Å². The molecule has 0 aliphatic carbocycles. The number of nitrogens with two attached hydrogens (primary N) is 1. The lowest BCUT2D eigenvalue weighted by molar-refractivity contribution is 0.377. The highest BCUT2D eigenvalue weighted by Crippen LogP contribution is 2.20. The van der Waals surface area contributed by atoms with E-state index in [1.54, 1.807) is 7.11 Å². The Hall–Kier alpha value is -1.36. The van der Waals surface area contributed by atoms with Crippen LogP contribution in [0.5, 0.6) is 6.01 Å². The molecule has 0 unspecified atom stereocenters. The van der Waals surface area contributed by atoms with Crippen molar-refractivity contribution in [3.63, 3.8) is 0 Å². The van der Waals surface area contributed by atoms with Crippen LogP contribution in [0.25, 0.3) is 0 Å². The minimum Gasteiger partial charge on any atom is -0.467 e. The van der Waals surface area contributed by atoms with Crippen LogP contribution in [-0.4, -0.2) is 30.2 Å². The fourth-order valence-electron chi connectivity index (χ4n) is 1.94. The maximum absolute atomic E-state index is 5.61. The molecular weight excluding hydrogens is 204 g/mol. The van der Waals surface area contributed by atoms with E-state index in [0.29, 0.717) is 12.6 Å². The van der Waals surface area contributed by atoms with E-state index in [0.717, 1.165) is 24.6 Å². The van der Waals surface area contributed by atoms with Crippen molar-refractivity contribution in [3.05, 3.63) is 11.8 Å². The first-order chi connectivity index (χ1) is 7.83. The van der Waals surface area contributed by atoms with Gasteiger partial charge in [-0.05, 0) is 19.3 Å². The molecule has 2 rings (SSSR count). The molecule has 1 aromatic heterocycles. The van der Waals surface area contributed by atoms with Crippen LogP contribution in [0, 0.1) is 0 Å². The summed E-state index contributed by atoms with van der Waals surface area (Å²) in [5.74, 6) is 0.937. The number of nitrogens with zero attached hydrogens (tertiary/aromatic N) is 3. The highest BCUT2D eigenvalue weighted by atomic mass is 16.5. The molecule has 88 valence electrons. The average molecular weight is 222 g/mol. The Bertz CT molecular complexity index is 328. The molecule has 0 amide bonds. The Balaban J connectivity index is 2.24. The first-order valence-corrected chi connectivity index (χ1v) is 5.70. The zero-order valence-corrected chi connectivity index (χ0v) is 9.65. The molecule has 5 nitrogen and oxygen atoms in total. The highest BCUT2D eigenvalue weighted by Gasteiger charge is 2.14. The fourth-order valence-corrected chi connectivity index (χ4v) is 1.94. The molecule has 0 saturated carbocycles. The number of piperidine rings is 1. The zero-order valence-electron chi connectivity index (χ0n) is 9.65. The van der Waals surface area contributed by atoms with Gasteiger partial charge in [0.15, 0.2) is 0 Å². The molecule has 2 heterocycles. The lowest BCUT2D eigenvalue weighted by Gasteiger charge is -2.27. The van der Waals surface area contributed by atoms with Crippen molar-refractivity contribution in [3.8, 4) is 6.01 Å². The number of anilines is 1. The van der Waals surface area contributed by atoms with Gasteiger partial charge in [-0.1, -0.05) is 0 Å². The van der Waals surface area contributed by atoms with Gasteiger partial charge in [-0.2, -0.15) is 9.97 Å². The van der Waals surface area contributed by atoms with Crippen molar-refractivity contribution in [1.82, 2.24) is 9.97 Å². The second-order valence-electron chi connectivity index (χ2n) is 3.96. The van der Waals surface area contributed by atoms with Crippen LogP contribution in [0.3, 0.4) is 0 Å². The van der Waals surface area contributed by atoms with Crippen molar-refractivity contribution in [2.24, 2.45) is 5.73 Å². The quantitative estimate of drug-likeness (QED) is 0.824. The summed E-state index contributed by atoms with van der Waals surface area (Å²) in [6.07, 6.45) is 3.76. The molecule has 1 saturated heterocycles. The van der Waals surface area contributed by atoms with Gasteiger partial charge < -0.3 is 15.4 Å². The summed E-state index contributed by atoms with van der Waals surface area (Å²) < 4.78 is 5.08. The number of hydrogen-bond donors (Lipinski definition) is 1. The number of methoxy groups -OCH3 is 1. The van der Waals surface area contributed by atoms with Gasteiger partial charge in [0.2, 0.25) is 0 Å². The van der Waals surface area contributed by atoms with Crippen LogP contribution in [0.1, 0.15) is 25.0 Å². The Labute approximate surface area is 95.6 Å². The van der Waals surface area contributed by atoms with Gasteiger partial charge in [-0.15, -0.1) is 0 Å². The van der Waals surface area contributed by atoms with Crippen LogP contribution >= 0.6 is 0 Å². The molecule has 0 radical (unpaired) electrons. The predicted octanol–water partition coefficient (Wildman–Crippen LogP) is 0.934. The Morgan fingerprint density at radius 1 is 1.31 bits per heavy atom. The topological polar surface area (TPSA) is 64.3 Å². The number of hydrogen-bond acceptors (Lipinski definition) is 5. The summed E-state index contributed by atoms with van der Waals surface area (Å²) in [5.41, 5.74) is 6.43. The molecule has 1 aromatic rings. The van der Waals surface area contributed by atoms with E-state index in [1.165, 1.54) is 19.3 Å². The van der Waals surface area contributed by atoms with E-state index in [4.69, 9.17) is 10.5 Å². The van der Waals surface area contributed by atoms with Crippen molar-refractivity contribution in [2.45, 2.75) is 25.8 Å². The largest absolute Gasteiger partial charge is 0.467 e. The van der Waals surface area contributed by atoms with Gasteiger partial charge in [0.25, 0.3) is 0 Å². The summed E-state index contributed by atoms with van der Waals surface area (Å²) in [6, 6.07) is 2.36. The standard InChI is InChI=1S/C11H18N4O/c1-16-11-13-9(8-12)7-10(14-11)15-5-3-2-4-6-15/h7H,2-6,8,12H2,1H3. The summed E-state index contributed by atoms with van der Waals surface area (Å²) in [4.78, 5) is 10.8. The highest BCUT2D eigenvalue weighted by molar-refractivity contribution is 5.41. The second kappa shape index (κ2) is 5.12. The van der Waals surface area contributed by atoms with Gasteiger partial charge in [-0.25, -0.2) is 0 Å². The third-order valence-corrected chi connectivity index (χ3v) is 2.82. The van der Waals surface area contributed by atoms with E-state index in [1.807, 2.05) is 6.07 Å². The van der Waals surface area contributed by atoms with Crippen LogP contribution in [0.4, 0.5) is 5.82 Å². The third kappa shape index (κ3) is 2.41. The molecule has 2 N–H and O–H groups in total. The Morgan fingerprint density at radius 3 is 2.69 bits per heavy atom. The van der Waals surface area contributed by atoms with Gasteiger partial charge in [0.05, 0.1) is 12.8 Å². The first-order valence-electron chi connectivity index (χ1n) is 5.70. The van der Waals surface area contributed by atoms with E-state index >= 15 is 0 Å². The molecule has 1 aliphatic heterocycles. The average Bonchev–Trinajstić information content (AvgIpc) is 2.39. The molecule has 5 heteroatoms. The number of aromatic nitrogens is 2. The fraction of sp³-hybridized carbons (Fsp3) is 0.636. The second-order valence-corrected chi connectivity index (χ2v) is 3.96. The minimum atomic E-state index is 0.406. The monoisotopic (exact) mass is 222 g/mol. The van der Waals surface area contributed by atoms with Crippen molar-refractivity contribution in [2.75, 3.05) is 25.1 Å². The van der Waals surface area contributed by atoms with Crippen molar-refractivity contribution in [1.29, 1.82) is 0 Å². The number of rotatable bonds is 3. The molecule has 16 heavy (non-hydrogen) atoms. The van der Waals surface area contributed by atoms with Crippen LogP contribution in [-0.2, 0) is 6.54 Å². The van der Waals surface area contributed by atoms with E-state index in [9.17, 15) is 0 Å². The minimum absolute atomic E-state index is 0.406. The molecular formula is C11H18N4O. The summed E-state index contributed by atoms with van der Waals surface area (Å²) in [6.45, 7) is 2.54. The molecule has 0 bridgehead atoms. The van der Waals surface area contributed by atoms with Gasteiger partial charge in [-0.3, -0.25) is 0 Å². The van der Waals surface area contributed by atoms with Gasteiger partial charge >= 0.3 is 6.01 Å². The molecule has 0 spiro atoms. The first kappa shape index (κ1) is 11.1. The van der Waals surface area contributed by atoms with Crippen LogP contribution in [0.15, 0.2) is 6.07 Å². The van der Waals surface area contributed by atoms with Crippen LogP contribution in [0.2, 0.25) is 0 Å². The Morgan fingerprint density at radius 2 is 2.06 bits per heavy atom. The van der Waals surface area contributed by atoms with E-state index in [-0.39, 0.29) is 0 Å². The smallest absolute Gasteiger partial charge is 0.318 e.